The van der Waals surface area contributed by atoms with E-state index in [1.165, 1.54) is 19.3 Å². The Balaban J connectivity index is 0.00000420. The van der Waals surface area contributed by atoms with Crippen LogP contribution in [0, 0.1) is 5.92 Å². The maximum atomic E-state index is 11.6. The summed E-state index contributed by atoms with van der Waals surface area (Å²) in [6, 6.07) is 4.00. The fourth-order valence-corrected chi connectivity index (χ4v) is 3.50. The van der Waals surface area contributed by atoms with Gasteiger partial charge in [-0.3, -0.25) is 4.79 Å². The van der Waals surface area contributed by atoms with E-state index < -0.39 is 0 Å². The number of hydrogen-bond acceptors (Lipinski definition) is 4. The topological polar surface area (TPSA) is 95.6 Å². The van der Waals surface area contributed by atoms with Gasteiger partial charge in [-0.2, -0.15) is 0 Å². The van der Waals surface area contributed by atoms with E-state index in [4.69, 9.17) is 10.7 Å². The summed E-state index contributed by atoms with van der Waals surface area (Å²) < 4.78 is 0. The Morgan fingerprint density at radius 1 is 1.31 bits per heavy atom. The highest BCUT2D eigenvalue weighted by molar-refractivity contribution is 14.0. The summed E-state index contributed by atoms with van der Waals surface area (Å²) in [6.45, 7) is 8.13. The van der Waals surface area contributed by atoms with E-state index in [9.17, 15) is 4.79 Å². The average molecular weight is 516 g/mol. The molecule has 0 spiro atoms. The third-order valence-corrected chi connectivity index (χ3v) is 5.07. The highest BCUT2D eigenvalue weighted by Crippen LogP contribution is 2.24. The maximum Gasteiger partial charge on any atom is 0.222 e. The largest absolute Gasteiger partial charge is 0.369 e. The Morgan fingerprint density at radius 2 is 2.14 bits per heavy atom. The van der Waals surface area contributed by atoms with Gasteiger partial charge >= 0.3 is 0 Å². The van der Waals surface area contributed by atoms with E-state index in [-0.39, 0.29) is 35.8 Å². The minimum Gasteiger partial charge on any atom is -0.369 e. The van der Waals surface area contributed by atoms with Gasteiger partial charge in [0.05, 0.1) is 12.5 Å². The molecular weight excluding hydrogens is 479 g/mol. The van der Waals surface area contributed by atoms with Gasteiger partial charge in [0.25, 0.3) is 0 Å². The number of guanidine groups is 1. The molecule has 1 aliphatic rings. The summed E-state index contributed by atoms with van der Waals surface area (Å²) >= 11 is 0. The molecule has 0 aliphatic carbocycles. The van der Waals surface area contributed by atoms with Gasteiger partial charge in [0.1, 0.15) is 5.82 Å². The zero-order valence-electron chi connectivity index (χ0n) is 17.8. The van der Waals surface area contributed by atoms with Gasteiger partial charge in [-0.15, -0.1) is 24.0 Å². The van der Waals surface area contributed by atoms with Crippen LogP contribution in [0.15, 0.2) is 23.3 Å². The van der Waals surface area contributed by atoms with Crippen LogP contribution in [0.3, 0.4) is 0 Å². The smallest absolute Gasteiger partial charge is 0.222 e. The van der Waals surface area contributed by atoms with Crippen LogP contribution in [0.2, 0.25) is 0 Å². The molecule has 1 aromatic rings. The first-order valence-corrected chi connectivity index (χ1v) is 10.7. The third kappa shape index (κ3) is 8.76. The zero-order chi connectivity index (χ0) is 20.2. The summed E-state index contributed by atoms with van der Waals surface area (Å²) in [5, 5.41) is 6.72. The molecule has 1 amide bonds. The number of pyridine rings is 1. The molecule has 164 valence electrons. The van der Waals surface area contributed by atoms with Crippen molar-refractivity contribution in [1.29, 1.82) is 0 Å². The number of nitrogens with one attached hydrogen (secondary N) is 2. The van der Waals surface area contributed by atoms with Crippen molar-refractivity contribution < 1.29 is 4.79 Å². The summed E-state index contributed by atoms with van der Waals surface area (Å²) in [5.74, 6) is 1.43. The molecule has 0 radical (unpaired) electrons. The number of rotatable bonds is 10. The van der Waals surface area contributed by atoms with Gasteiger partial charge in [0.2, 0.25) is 5.91 Å². The second-order valence-corrected chi connectivity index (χ2v) is 7.36. The Labute approximate surface area is 192 Å². The second kappa shape index (κ2) is 14.4. The number of anilines is 1. The molecule has 1 aromatic heterocycles. The molecule has 7 nitrogen and oxygen atoms in total. The van der Waals surface area contributed by atoms with Crippen molar-refractivity contribution in [2.24, 2.45) is 16.6 Å². The maximum absolute atomic E-state index is 11.6. The van der Waals surface area contributed by atoms with Crippen molar-refractivity contribution in [2.75, 3.05) is 31.1 Å². The van der Waals surface area contributed by atoms with Crippen molar-refractivity contribution in [1.82, 2.24) is 15.6 Å². The zero-order valence-corrected chi connectivity index (χ0v) is 20.2. The summed E-state index contributed by atoms with van der Waals surface area (Å²) in [5.41, 5.74) is 6.60. The number of aromatic nitrogens is 1. The molecular formula is C21H37IN6O. The standard InChI is InChI=1S/C21H36N6O.HI/c1-3-5-6-7-12-25-21(23-4-2)26-15-17-10-8-13-24-20(17)27-14-9-11-18(16-27)19(22)28;/h8,10,13,18H,3-7,9,11-12,14-16H2,1-2H3,(H2,22,28)(H2,23,25,26);1H. The number of unbranched alkanes of at least 4 members (excludes halogenated alkanes) is 3. The Kier molecular flexibility index (Phi) is 12.6. The molecule has 0 saturated carbocycles. The SMILES string of the molecule is CCCCCCNC(=NCc1cccnc1N1CCCC(C(N)=O)C1)NCC.I. The van der Waals surface area contributed by atoms with Crippen LogP contribution in [0.5, 0.6) is 0 Å². The first kappa shape index (κ1) is 25.5. The van der Waals surface area contributed by atoms with Gasteiger partial charge in [-0.1, -0.05) is 32.3 Å². The van der Waals surface area contributed by atoms with Crippen molar-refractivity contribution >= 4 is 41.7 Å². The normalized spacial score (nSPS) is 16.8. The van der Waals surface area contributed by atoms with Gasteiger partial charge in [0, 0.05) is 37.9 Å². The van der Waals surface area contributed by atoms with E-state index in [0.29, 0.717) is 13.1 Å². The van der Waals surface area contributed by atoms with Gasteiger partial charge in [-0.05, 0) is 32.3 Å². The number of hydrogen-bond donors (Lipinski definition) is 3. The van der Waals surface area contributed by atoms with Gasteiger partial charge in [-0.25, -0.2) is 9.98 Å². The molecule has 1 atom stereocenters. The molecule has 1 unspecified atom stereocenters. The third-order valence-electron chi connectivity index (χ3n) is 5.07. The number of aliphatic imine (C=N–C) groups is 1. The van der Waals surface area contributed by atoms with Gasteiger partial charge in [0.15, 0.2) is 5.96 Å². The molecule has 0 bridgehead atoms. The van der Waals surface area contributed by atoms with Crippen LogP contribution in [0.25, 0.3) is 0 Å². The first-order valence-electron chi connectivity index (χ1n) is 10.7. The van der Waals surface area contributed by atoms with Crippen LogP contribution < -0.4 is 21.3 Å². The number of nitrogens with two attached hydrogens (primary N) is 1. The predicted octanol–water partition coefficient (Wildman–Crippen LogP) is 3.04. The Morgan fingerprint density at radius 3 is 2.86 bits per heavy atom. The molecule has 29 heavy (non-hydrogen) atoms. The lowest BCUT2D eigenvalue weighted by atomic mass is 9.97. The van der Waals surface area contributed by atoms with Crippen molar-refractivity contribution in [2.45, 2.75) is 58.9 Å². The van der Waals surface area contributed by atoms with Crippen LogP contribution in [-0.2, 0) is 11.3 Å². The van der Waals surface area contributed by atoms with Crippen LogP contribution in [0.1, 0.15) is 57.9 Å². The number of nitrogens with zero attached hydrogens (tertiary/aromatic N) is 3. The van der Waals surface area contributed by atoms with Crippen LogP contribution in [0.4, 0.5) is 5.82 Å². The number of primary amides is 1. The average Bonchev–Trinajstić information content (AvgIpc) is 2.72. The Bertz CT molecular complexity index is 639. The van der Waals surface area contributed by atoms with Gasteiger partial charge < -0.3 is 21.3 Å². The Hall–Kier alpha value is -1.58. The molecule has 1 aliphatic heterocycles. The highest BCUT2D eigenvalue weighted by Gasteiger charge is 2.25. The summed E-state index contributed by atoms with van der Waals surface area (Å²) in [4.78, 5) is 23.1. The fourth-order valence-electron chi connectivity index (χ4n) is 3.50. The molecule has 4 N–H and O–H groups in total. The van der Waals surface area contributed by atoms with Crippen LogP contribution in [-0.4, -0.2) is 43.0 Å². The van der Waals surface area contributed by atoms with Crippen molar-refractivity contribution in [3.8, 4) is 0 Å². The molecule has 0 aromatic carbocycles. The van der Waals surface area contributed by atoms with E-state index >= 15 is 0 Å². The van der Waals surface area contributed by atoms with E-state index in [0.717, 1.165) is 56.2 Å². The minimum atomic E-state index is -0.220. The highest BCUT2D eigenvalue weighted by atomic mass is 127. The van der Waals surface area contributed by atoms with Crippen molar-refractivity contribution in [3.05, 3.63) is 23.9 Å². The molecule has 2 rings (SSSR count). The van der Waals surface area contributed by atoms with Crippen molar-refractivity contribution in [3.63, 3.8) is 0 Å². The van der Waals surface area contributed by atoms with E-state index in [2.05, 4.69) is 40.4 Å². The number of amides is 1. The monoisotopic (exact) mass is 516 g/mol. The number of carbonyl (C=O) groups is 1. The first-order chi connectivity index (χ1) is 13.7. The minimum absolute atomic E-state index is 0. The van der Waals surface area contributed by atoms with E-state index in [1.807, 2.05) is 6.07 Å². The lowest BCUT2D eigenvalue weighted by Crippen LogP contribution is -2.42. The fraction of sp³-hybridized carbons (Fsp3) is 0.667. The lowest BCUT2D eigenvalue weighted by molar-refractivity contribution is -0.122. The molecule has 2 heterocycles. The number of carbonyl (C=O) groups excluding carboxylic acids is 1. The lowest BCUT2D eigenvalue weighted by Gasteiger charge is -2.33. The molecule has 1 saturated heterocycles. The molecule has 1 fully saturated rings. The summed E-state index contributed by atoms with van der Waals surface area (Å²) in [7, 11) is 0. The number of halogens is 1. The second-order valence-electron chi connectivity index (χ2n) is 7.36. The van der Waals surface area contributed by atoms with Crippen LogP contribution >= 0.6 is 24.0 Å². The number of piperidine rings is 1. The summed E-state index contributed by atoms with van der Waals surface area (Å²) in [6.07, 6.45) is 8.52. The van der Waals surface area contributed by atoms with E-state index in [1.54, 1.807) is 6.20 Å². The molecule has 8 heteroatoms. The predicted molar refractivity (Wildman–Crippen MR) is 131 cm³/mol. The quantitative estimate of drug-likeness (QED) is 0.192.